The molecule has 0 spiro atoms. The van der Waals surface area contributed by atoms with Crippen molar-refractivity contribution < 1.29 is 0 Å². The molecule has 2 heteroatoms. The largest absolute Gasteiger partial charge is 0.309 e. The van der Waals surface area contributed by atoms with E-state index in [1.807, 2.05) is 77.2 Å². The highest BCUT2D eigenvalue weighted by atomic mass is 32.1. The lowest BCUT2D eigenvalue weighted by Gasteiger charge is -2.13. The predicted octanol–water partition coefficient (Wildman–Crippen LogP) is 19.1. The second-order valence-electron chi connectivity index (χ2n) is 14.9. The molecular weight excluding hydrogens is 767 g/mol. The van der Waals surface area contributed by atoms with Crippen molar-refractivity contribution in [2.75, 3.05) is 0 Å². The number of fused-ring (bicyclic) bond motifs is 12. The molecule has 0 aliphatic heterocycles. The van der Waals surface area contributed by atoms with Crippen molar-refractivity contribution in [2.45, 2.75) is 54.9 Å². The third-order valence-electron chi connectivity index (χ3n) is 11.1. The first-order valence-corrected chi connectivity index (χ1v) is 22.8. The number of thiophene rings is 1. The summed E-state index contributed by atoms with van der Waals surface area (Å²) < 4.78 is 5.15. The first kappa shape index (κ1) is 43.4. The molecule has 8 aromatic carbocycles. The van der Waals surface area contributed by atoms with Crippen LogP contribution in [0.2, 0.25) is 0 Å². The Hall–Kier alpha value is -6.74. The van der Waals surface area contributed by atoms with E-state index in [4.69, 9.17) is 0 Å². The van der Waals surface area contributed by atoms with Crippen molar-refractivity contribution in [3.63, 3.8) is 0 Å². The lowest BCUT2D eigenvalue weighted by molar-refractivity contribution is 1.18. The van der Waals surface area contributed by atoms with E-state index in [-0.39, 0.29) is 0 Å². The van der Waals surface area contributed by atoms with E-state index in [2.05, 4.69) is 182 Å². The summed E-state index contributed by atoms with van der Waals surface area (Å²) in [5.74, 6) is 0. The van der Waals surface area contributed by atoms with Crippen molar-refractivity contribution in [1.82, 2.24) is 4.57 Å². The molecule has 0 radical (unpaired) electrons. The molecule has 308 valence electrons. The number of allylic oxidation sites excluding steroid dienone is 7. The Bertz CT molecular complexity index is 3220. The lowest BCUT2D eigenvalue weighted by Crippen LogP contribution is -1.94. The molecule has 0 N–H and O–H groups in total. The predicted molar refractivity (Wildman–Crippen MR) is 280 cm³/mol. The van der Waals surface area contributed by atoms with Crippen LogP contribution < -0.4 is 0 Å². The third kappa shape index (κ3) is 8.07. The minimum atomic E-state index is 1.13. The van der Waals surface area contributed by atoms with Crippen LogP contribution in [0.3, 0.4) is 0 Å². The molecular formula is C60H57NS. The Kier molecular flexibility index (Phi) is 14.1. The van der Waals surface area contributed by atoms with Crippen molar-refractivity contribution >= 4 is 74.9 Å². The highest BCUT2D eigenvalue weighted by molar-refractivity contribution is 7.26. The van der Waals surface area contributed by atoms with Gasteiger partial charge in [-0.05, 0) is 125 Å². The topological polar surface area (TPSA) is 4.93 Å². The number of hydrogen-bond donors (Lipinski definition) is 0. The van der Waals surface area contributed by atoms with Gasteiger partial charge in [0.15, 0.2) is 0 Å². The summed E-state index contributed by atoms with van der Waals surface area (Å²) in [7, 11) is 0. The van der Waals surface area contributed by atoms with E-state index >= 15 is 0 Å². The second-order valence-corrected chi connectivity index (χ2v) is 15.9. The molecule has 2 aromatic heterocycles. The first-order chi connectivity index (χ1) is 30.6. The van der Waals surface area contributed by atoms with Crippen LogP contribution in [0.5, 0.6) is 0 Å². The van der Waals surface area contributed by atoms with Crippen molar-refractivity contribution in [2.24, 2.45) is 0 Å². The SMILES string of the molecule is C/C=C/C.C/C=C\C=C/CC.C=CC.CC.c1cc(-c2ccc3c4c(cccc24)-c2ccccc2-3)cc(-n2c3ccccc3c3c4ccc5sc6ccccc6c5c4ccc32)c1. The minimum Gasteiger partial charge on any atom is -0.309 e. The molecule has 0 saturated heterocycles. The van der Waals surface area contributed by atoms with E-state index in [0.717, 1.165) is 6.42 Å². The van der Waals surface area contributed by atoms with Crippen LogP contribution in [0, 0.1) is 0 Å². The summed E-state index contributed by atoms with van der Waals surface area (Å²) in [4.78, 5) is 0. The Balaban J connectivity index is 0.000000315. The molecule has 0 atom stereocenters. The molecule has 62 heavy (non-hydrogen) atoms. The molecule has 0 bridgehead atoms. The molecule has 0 saturated carbocycles. The first-order valence-electron chi connectivity index (χ1n) is 22.0. The van der Waals surface area contributed by atoms with Crippen molar-refractivity contribution in [3.05, 3.63) is 201 Å². The van der Waals surface area contributed by atoms with Crippen LogP contribution in [0.4, 0.5) is 0 Å². The standard InChI is InChI=1S/C44H25NS.C7H12.C4H8.C3H6.C2H6/c1-2-12-30-29(11-1)32-16-8-15-31-28(19-20-33(30)42(31)32)26-9-7-10-27(25-26)45-38-17-5-3-13-36(38)43-34-22-24-41-44(35(34)21-23-39(43)45)37-14-4-6-18-40(37)46-41;1-3-5-7-6-4-2;1-3-4-2;1-3-2;1-2/h1-25H;3,5-7H,4H2,1-2H3;3-4H,1-2H3;3H,1H2,2H3;1-2H3/b;5-3-,7-6-;4-3+;;. The maximum absolute atomic E-state index is 3.36. The fraction of sp³-hybridized carbons (Fsp3) is 0.133. The molecule has 0 unspecified atom stereocenters. The van der Waals surface area contributed by atoms with Crippen LogP contribution in [0.15, 0.2) is 201 Å². The number of para-hydroxylation sites is 1. The van der Waals surface area contributed by atoms with Gasteiger partial charge < -0.3 is 4.57 Å². The van der Waals surface area contributed by atoms with E-state index in [1.165, 1.54) is 103 Å². The number of benzene rings is 8. The smallest absolute Gasteiger partial charge is 0.0547 e. The van der Waals surface area contributed by atoms with E-state index < -0.39 is 0 Å². The summed E-state index contributed by atoms with van der Waals surface area (Å²) in [5, 5.41) is 10.6. The number of hydrogen-bond acceptors (Lipinski definition) is 1. The van der Waals surface area contributed by atoms with Crippen LogP contribution in [-0.2, 0) is 0 Å². The van der Waals surface area contributed by atoms with Gasteiger partial charge in [0.1, 0.15) is 0 Å². The van der Waals surface area contributed by atoms with Gasteiger partial charge in [-0.2, -0.15) is 0 Å². The molecule has 10 aromatic rings. The van der Waals surface area contributed by atoms with E-state index in [0.29, 0.717) is 0 Å². The summed E-state index contributed by atoms with van der Waals surface area (Å²) >= 11 is 1.88. The molecule has 1 nitrogen and oxygen atoms in total. The maximum Gasteiger partial charge on any atom is 0.0547 e. The van der Waals surface area contributed by atoms with Gasteiger partial charge in [-0.25, -0.2) is 0 Å². The van der Waals surface area contributed by atoms with Gasteiger partial charge in [-0.1, -0.05) is 179 Å². The average Bonchev–Trinajstić information content (AvgIpc) is 3.99. The monoisotopic (exact) mass is 823 g/mol. The second kappa shape index (κ2) is 20.2. The van der Waals surface area contributed by atoms with Gasteiger partial charge in [-0.3, -0.25) is 0 Å². The number of nitrogens with zero attached hydrogens (tertiary/aromatic N) is 1. The number of aromatic nitrogens is 1. The summed E-state index contributed by atoms with van der Waals surface area (Å²) in [5.41, 5.74) is 11.5. The van der Waals surface area contributed by atoms with Crippen LogP contribution in [0.25, 0.3) is 103 Å². The van der Waals surface area contributed by atoms with Crippen molar-refractivity contribution in [3.8, 4) is 39.1 Å². The number of rotatable bonds is 4. The fourth-order valence-electron chi connectivity index (χ4n) is 8.57. The highest BCUT2D eigenvalue weighted by Gasteiger charge is 2.23. The summed E-state index contributed by atoms with van der Waals surface area (Å²) in [6.45, 7) is 17.4. The van der Waals surface area contributed by atoms with Gasteiger partial charge in [0, 0.05) is 36.6 Å². The zero-order valence-corrected chi connectivity index (χ0v) is 38.1. The van der Waals surface area contributed by atoms with E-state index in [1.54, 1.807) is 6.08 Å². The van der Waals surface area contributed by atoms with Gasteiger partial charge in [0.05, 0.1) is 11.0 Å². The maximum atomic E-state index is 3.36. The normalized spacial score (nSPS) is 11.4. The van der Waals surface area contributed by atoms with Crippen LogP contribution in [0.1, 0.15) is 54.9 Å². The molecule has 11 rings (SSSR count). The lowest BCUT2D eigenvalue weighted by atomic mass is 9.94. The zero-order valence-electron chi connectivity index (χ0n) is 37.2. The zero-order chi connectivity index (χ0) is 43.6. The van der Waals surface area contributed by atoms with Gasteiger partial charge in [0.25, 0.3) is 0 Å². The van der Waals surface area contributed by atoms with Gasteiger partial charge in [-0.15, -0.1) is 17.9 Å². The Morgan fingerprint density at radius 3 is 1.79 bits per heavy atom. The Morgan fingerprint density at radius 2 is 1.06 bits per heavy atom. The Labute approximate surface area is 372 Å². The minimum absolute atomic E-state index is 1.13. The highest BCUT2D eigenvalue weighted by Crippen LogP contribution is 2.49. The van der Waals surface area contributed by atoms with Gasteiger partial charge >= 0.3 is 0 Å². The molecule has 0 fully saturated rings. The average molecular weight is 824 g/mol. The molecule has 1 aliphatic carbocycles. The summed E-state index contributed by atoms with van der Waals surface area (Å²) in [6.07, 6.45) is 15.1. The van der Waals surface area contributed by atoms with E-state index in [9.17, 15) is 0 Å². The van der Waals surface area contributed by atoms with Crippen LogP contribution >= 0.6 is 11.3 Å². The fourth-order valence-corrected chi connectivity index (χ4v) is 9.70. The molecule has 1 aliphatic rings. The quantitative estimate of drug-likeness (QED) is 0.123. The third-order valence-corrected chi connectivity index (χ3v) is 12.3. The van der Waals surface area contributed by atoms with Crippen molar-refractivity contribution in [1.29, 1.82) is 0 Å². The Morgan fingerprint density at radius 1 is 0.468 bits per heavy atom. The molecule has 0 amide bonds. The summed E-state index contributed by atoms with van der Waals surface area (Å²) in [6, 6.07) is 56.4. The van der Waals surface area contributed by atoms with Gasteiger partial charge in [0.2, 0.25) is 0 Å². The van der Waals surface area contributed by atoms with Crippen LogP contribution in [-0.4, -0.2) is 4.57 Å². The molecule has 2 heterocycles.